The van der Waals surface area contributed by atoms with Crippen LogP contribution in [0, 0.1) is 0 Å². The summed E-state index contributed by atoms with van der Waals surface area (Å²) >= 11 is 0. The molecule has 0 fully saturated rings. The predicted molar refractivity (Wildman–Crippen MR) is 204 cm³/mol. The highest BCUT2D eigenvalue weighted by Gasteiger charge is 2.19. The molecule has 2 atom stereocenters. The summed E-state index contributed by atoms with van der Waals surface area (Å²) < 4.78 is 2.59. The quantitative estimate of drug-likeness (QED) is 0.0676. The van der Waals surface area contributed by atoms with E-state index in [1.54, 1.807) is 0 Å². The van der Waals surface area contributed by atoms with Gasteiger partial charge in [0.2, 0.25) is 0 Å². The van der Waals surface area contributed by atoms with Gasteiger partial charge >= 0.3 is 0 Å². The van der Waals surface area contributed by atoms with E-state index in [-0.39, 0.29) is 0 Å². The molecule has 1 aromatic rings. The third-order valence-corrected chi connectivity index (χ3v) is 10.6. The zero-order chi connectivity index (χ0) is 32.5. The van der Waals surface area contributed by atoms with Crippen LogP contribution >= 0.6 is 0 Å². The molecule has 2 nitrogen and oxygen atoms in total. The minimum atomic E-state index is 0.587. The van der Waals surface area contributed by atoms with Gasteiger partial charge < -0.3 is 4.57 Å². The van der Waals surface area contributed by atoms with E-state index in [1.807, 2.05) is 0 Å². The Labute approximate surface area is 285 Å². The fourth-order valence-corrected chi connectivity index (χ4v) is 7.42. The number of imidazole rings is 1. The van der Waals surface area contributed by atoms with Crippen molar-refractivity contribution < 1.29 is 0 Å². The summed E-state index contributed by atoms with van der Waals surface area (Å²) in [5.74, 6) is 2.07. The van der Waals surface area contributed by atoms with E-state index in [4.69, 9.17) is 4.98 Å². The largest absolute Gasteiger partial charge is 0.332 e. The Balaban J connectivity index is 2.33. The van der Waals surface area contributed by atoms with Crippen molar-refractivity contribution in [1.82, 2.24) is 9.55 Å². The van der Waals surface area contributed by atoms with Crippen LogP contribution in [0.4, 0.5) is 0 Å². The van der Waals surface area contributed by atoms with Gasteiger partial charge in [0, 0.05) is 24.4 Å². The minimum Gasteiger partial charge on any atom is -0.332 e. The van der Waals surface area contributed by atoms with Crippen LogP contribution in [0.3, 0.4) is 0 Å². The van der Waals surface area contributed by atoms with Crippen LogP contribution in [0.25, 0.3) is 0 Å². The molecule has 0 amide bonds. The summed E-state index contributed by atoms with van der Waals surface area (Å²) in [5.41, 5.74) is 0. The highest BCUT2D eigenvalue weighted by atomic mass is 15.1. The molecule has 1 rings (SSSR count). The van der Waals surface area contributed by atoms with Gasteiger partial charge in [0.25, 0.3) is 0 Å². The van der Waals surface area contributed by atoms with Gasteiger partial charge in [0.15, 0.2) is 0 Å². The molecule has 2 unspecified atom stereocenters. The molecule has 0 aliphatic rings. The standard InChI is InChI=1S/C43H84N2/c1-5-8-11-14-17-19-21-23-25-27-29-32-35-38-42(37-34-31-16-13-10-7-3)43-44-39-40-45(43)41(4)36-33-30-28-26-24-22-20-18-15-12-9-6-2/h39-42H,5-38H2,1-4H3. The molecule has 45 heavy (non-hydrogen) atoms. The van der Waals surface area contributed by atoms with Gasteiger partial charge in [-0.15, -0.1) is 0 Å². The lowest BCUT2D eigenvalue weighted by molar-refractivity contribution is 0.412. The van der Waals surface area contributed by atoms with Gasteiger partial charge in [-0.25, -0.2) is 4.98 Å². The van der Waals surface area contributed by atoms with Crippen molar-refractivity contribution in [3.63, 3.8) is 0 Å². The minimum absolute atomic E-state index is 0.587. The van der Waals surface area contributed by atoms with Crippen LogP contribution in [-0.2, 0) is 0 Å². The van der Waals surface area contributed by atoms with Crippen molar-refractivity contribution in [3.05, 3.63) is 18.2 Å². The van der Waals surface area contributed by atoms with Gasteiger partial charge in [-0.05, 0) is 26.2 Å². The van der Waals surface area contributed by atoms with Gasteiger partial charge in [-0.1, -0.05) is 220 Å². The first-order chi connectivity index (χ1) is 22.2. The van der Waals surface area contributed by atoms with Gasteiger partial charge in [-0.2, -0.15) is 0 Å². The zero-order valence-electron chi connectivity index (χ0n) is 31.7. The predicted octanol–water partition coefficient (Wildman–Crippen LogP) is 15.9. The fourth-order valence-electron chi connectivity index (χ4n) is 7.42. The average molecular weight is 629 g/mol. The Morgan fingerprint density at radius 2 is 0.711 bits per heavy atom. The van der Waals surface area contributed by atoms with Crippen molar-refractivity contribution in [2.45, 2.75) is 258 Å². The van der Waals surface area contributed by atoms with Crippen LogP contribution < -0.4 is 0 Å². The highest BCUT2D eigenvalue weighted by Crippen LogP contribution is 2.31. The normalized spacial score (nSPS) is 13.1. The number of aromatic nitrogens is 2. The smallest absolute Gasteiger partial charge is 0.111 e. The van der Waals surface area contributed by atoms with Gasteiger partial charge in [0.1, 0.15) is 5.82 Å². The number of hydrogen-bond donors (Lipinski definition) is 0. The third-order valence-electron chi connectivity index (χ3n) is 10.6. The Kier molecular flexibility index (Phi) is 31.1. The maximum absolute atomic E-state index is 5.02. The van der Waals surface area contributed by atoms with E-state index >= 15 is 0 Å². The molecule has 0 radical (unpaired) electrons. The molecule has 0 bridgehead atoms. The first-order valence-electron chi connectivity index (χ1n) is 21.3. The first-order valence-corrected chi connectivity index (χ1v) is 21.3. The van der Waals surface area contributed by atoms with E-state index in [0.29, 0.717) is 12.0 Å². The molecule has 0 spiro atoms. The first kappa shape index (κ1) is 42.2. The van der Waals surface area contributed by atoms with Crippen molar-refractivity contribution in [2.24, 2.45) is 0 Å². The molecular weight excluding hydrogens is 544 g/mol. The van der Waals surface area contributed by atoms with Gasteiger partial charge in [0.05, 0.1) is 0 Å². The molecule has 1 aromatic heterocycles. The summed E-state index contributed by atoms with van der Waals surface area (Å²) in [4.78, 5) is 5.02. The molecule has 1 heterocycles. The average Bonchev–Trinajstić information content (AvgIpc) is 3.54. The Morgan fingerprint density at radius 3 is 1.04 bits per heavy atom. The topological polar surface area (TPSA) is 17.8 Å². The lowest BCUT2D eigenvalue weighted by Crippen LogP contribution is -2.13. The number of nitrogens with zero attached hydrogens (tertiary/aromatic N) is 2. The maximum atomic E-state index is 5.02. The lowest BCUT2D eigenvalue weighted by atomic mass is 9.92. The van der Waals surface area contributed by atoms with Crippen molar-refractivity contribution in [1.29, 1.82) is 0 Å². The third kappa shape index (κ3) is 25.0. The number of rotatable bonds is 36. The van der Waals surface area contributed by atoms with E-state index in [0.717, 1.165) is 0 Å². The van der Waals surface area contributed by atoms with E-state index in [9.17, 15) is 0 Å². The van der Waals surface area contributed by atoms with Crippen molar-refractivity contribution in [2.75, 3.05) is 0 Å². The van der Waals surface area contributed by atoms with Crippen LogP contribution in [0.5, 0.6) is 0 Å². The second-order valence-corrected chi connectivity index (χ2v) is 15.0. The molecule has 0 aliphatic heterocycles. The highest BCUT2D eigenvalue weighted by molar-refractivity contribution is 5.02. The van der Waals surface area contributed by atoms with Crippen LogP contribution in [0.2, 0.25) is 0 Å². The van der Waals surface area contributed by atoms with Crippen LogP contribution in [0.1, 0.15) is 264 Å². The molecule has 0 saturated carbocycles. The molecule has 0 aliphatic carbocycles. The lowest BCUT2D eigenvalue weighted by Gasteiger charge is -2.22. The summed E-state index contributed by atoms with van der Waals surface area (Å²) in [6.07, 6.45) is 52.7. The SMILES string of the molecule is CCCCCCCCCCCCCCCC(CCCCCCCC)c1nccn1C(C)CCCCCCCCCCCCCC. The fraction of sp³-hybridized carbons (Fsp3) is 0.930. The van der Waals surface area contributed by atoms with Crippen LogP contribution in [-0.4, -0.2) is 9.55 Å². The molecule has 0 N–H and O–H groups in total. The summed E-state index contributed by atoms with van der Waals surface area (Å²) in [7, 11) is 0. The van der Waals surface area contributed by atoms with E-state index in [2.05, 4.69) is 44.7 Å². The van der Waals surface area contributed by atoms with Crippen molar-refractivity contribution >= 4 is 0 Å². The van der Waals surface area contributed by atoms with Crippen LogP contribution in [0.15, 0.2) is 12.4 Å². The molecule has 266 valence electrons. The number of hydrogen-bond acceptors (Lipinski definition) is 1. The number of unbranched alkanes of at least 4 members (excludes halogenated alkanes) is 28. The molecule has 0 aromatic carbocycles. The summed E-state index contributed by atoms with van der Waals surface area (Å²) in [6, 6.07) is 0.587. The second kappa shape index (κ2) is 33.1. The molecular formula is C43H84N2. The van der Waals surface area contributed by atoms with E-state index in [1.165, 1.54) is 224 Å². The molecule has 2 heteroatoms. The Bertz CT molecular complexity index is 694. The molecule has 0 saturated heterocycles. The zero-order valence-corrected chi connectivity index (χ0v) is 31.7. The van der Waals surface area contributed by atoms with Crippen molar-refractivity contribution in [3.8, 4) is 0 Å². The maximum Gasteiger partial charge on any atom is 0.111 e. The summed E-state index contributed by atoms with van der Waals surface area (Å²) in [5, 5.41) is 0. The Morgan fingerprint density at radius 1 is 0.422 bits per heavy atom. The summed E-state index contributed by atoms with van der Waals surface area (Å²) in [6.45, 7) is 9.40. The Hall–Kier alpha value is -0.790. The second-order valence-electron chi connectivity index (χ2n) is 15.0. The van der Waals surface area contributed by atoms with E-state index < -0.39 is 0 Å². The monoisotopic (exact) mass is 629 g/mol. The van der Waals surface area contributed by atoms with Gasteiger partial charge in [-0.3, -0.25) is 0 Å².